The quantitative estimate of drug-likeness (QED) is 0.875. The van der Waals surface area contributed by atoms with Crippen LogP contribution in [-0.2, 0) is 11.2 Å². The van der Waals surface area contributed by atoms with Crippen LogP contribution in [0.2, 0.25) is 10.2 Å². The molecule has 0 unspecified atom stereocenters. The molecule has 0 bridgehead atoms. The number of carboxylic acids is 1. The maximum Gasteiger partial charge on any atom is 0.307 e. The third-order valence-electron chi connectivity index (χ3n) is 2.13. The smallest absolute Gasteiger partial charge is 0.307 e. The summed E-state index contributed by atoms with van der Waals surface area (Å²) in [6.07, 6.45) is -0.338. The summed E-state index contributed by atoms with van der Waals surface area (Å²) in [6.45, 7) is 0. The Labute approximate surface area is 99.0 Å². The van der Waals surface area contributed by atoms with Crippen LogP contribution in [0, 0.1) is 5.82 Å². The Morgan fingerprint density at radius 3 is 2.88 bits per heavy atom. The SMILES string of the molecule is O=C(O)Cc1c(Cl)cc(F)c2[nH]nc(Cl)c12. The molecule has 1 aromatic heterocycles. The number of halogens is 3. The molecular weight excluding hydrogens is 258 g/mol. The normalized spacial score (nSPS) is 10.9. The summed E-state index contributed by atoms with van der Waals surface area (Å²) in [6, 6.07) is 1.04. The number of aromatic amines is 1. The highest BCUT2D eigenvalue weighted by atomic mass is 35.5. The molecule has 0 saturated heterocycles. The Balaban J connectivity index is 2.79. The van der Waals surface area contributed by atoms with Crippen LogP contribution in [0.5, 0.6) is 0 Å². The fraction of sp³-hybridized carbons (Fsp3) is 0.111. The van der Waals surface area contributed by atoms with E-state index in [1.807, 2.05) is 0 Å². The zero-order valence-electron chi connectivity index (χ0n) is 7.72. The van der Waals surface area contributed by atoms with E-state index in [1.165, 1.54) is 0 Å². The fourth-order valence-electron chi connectivity index (χ4n) is 1.48. The van der Waals surface area contributed by atoms with Crippen molar-refractivity contribution in [3.05, 3.63) is 27.6 Å². The molecule has 0 saturated carbocycles. The number of nitrogens with one attached hydrogen (secondary N) is 1. The molecule has 0 atom stereocenters. The highest BCUT2D eigenvalue weighted by Crippen LogP contribution is 2.32. The molecule has 2 N–H and O–H groups in total. The minimum atomic E-state index is -1.08. The summed E-state index contributed by atoms with van der Waals surface area (Å²) in [5.74, 6) is -1.69. The number of rotatable bonds is 2. The van der Waals surface area contributed by atoms with Gasteiger partial charge in [-0.3, -0.25) is 9.89 Å². The number of H-pyrrole nitrogens is 1. The first-order valence-electron chi connectivity index (χ1n) is 4.23. The maximum absolute atomic E-state index is 13.4. The summed E-state index contributed by atoms with van der Waals surface area (Å²) in [5.41, 5.74) is 0.315. The molecular formula is C9H5Cl2FN2O2. The fourth-order valence-corrected chi connectivity index (χ4v) is 1.99. The molecule has 0 spiro atoms. The molecule has 0 radical (unpaired) electrons. The van der Waals surface area contributed by atoms with E-state index >= 15 is 0 Å². The van der Waals surface area contributed by atoms with Crippen LogP contribution in [0.1, 0.15) is 5.56 Å². The third kappa shape index (κ3) is 1.72. The minimum Gasteiger partial charge on any atom is -0.481 e. The van der Waals surface area contributed by atoms with Gasteiger partial charge in [-0.1, -0.05) is 23.2 Å². The van der Waals surface area contributed by atoms with Crippen molar-refractivity contribution in [2.75, 3.05) is 0 Å². The Bertz CT molecular complexity index is 582. The molecule has 0 aliphatic heterocycles. The lowest BCUT2D eigenvalue weighted by atomic mass is 10.1. The molecule has 16 heavy (non-hydrogen) atoms. The summed E-state index contributed by atoms with van der Waals surface area (Å²) < 4.78 is 13.4. The third-order valence-corrected chi connectivity index (χ3v) is 2.74. The van der Waals surface area contributed by atoms with E-state index < -0.39 is 11.8 Å². The van der Waals surface area contributed by atoms with Crippen LogP contribution >= 0.6 is 23.2 Å². The largest absolute Gasteiger partial charge is 0.481 e. The van der Waals surface area contributed by atoms with Gasteiger partial charge in [0.05, 0.1) is 6.42 Å². The molecule has 1 heterocycles. The number of carboxylic acid groups (broad SMARTS) is 1. The standard InChI is InChI=1S/C9H5Cl2FN2O2/c10-4-2-5(12)8-7(9(11)14-13-8)3(4)1-6(15)16/h2H,1H2,(H,13,14)(H,15,16). The predicted octanol–water partition coefficient (Wildman–Crippen LogP) is 2.64. The maximum atomic E-state index is 13.4. The number of carbonyl (C=O) groups is 1. The summed E-state index contributed by atoms with van der Waals surface area (Å²) in [7, 11) is 0. The number of hydrogen-bond donors (Lipinski definition) is 2. The van der Waals surface area contributed by atoms with Gasteiger partial charge in [0, 0.05) is 10.4 Å². The molecule has 1 aromatic carbocycles. The van der Waals surface area contributed by atoms with Gasteiger partial charge in [0.2, 0.25) is 0 Å². The van der Waals surface area contributed by atoms with Gasteiger partial charge in [0.1, 0.15) is 11.3 Å². The highest BCUT2D eigenvalue weighted by Gasteiger charge is 2.18. The van der Waals surface area contributed by atoms with Gasteiger partial charge in [-0.15, -0.1) is 0 Å². The molecule has 7 heteroatoms. The number of benzene rings is 1. The van der Waals surface area contributed by atoms with E-state index in [1.54, 1.807) is 0 Å². The Kier molecular flexibility index (Phi) is 2.73. The Hall–Kier alpha value is -1.33. The van der Waals surface area contributed by atoms with Crippen LogP contribution in [0.15, 0.2) is 6.07 Å². The van der Waals surface area contributed by atoms with Gasteiger partial charge < -0.3 is 5.11 Å². The van der Waals surface area contributed by atoms with Gasteiger partial charge in [-0.05, 0) is 11.6 Å². The topological polar surface area (TPSA) is 66.0 Å². The first-order chi connectivity index (χ1) is 7.50. The zero-order valence-corrected chi connectivity index (χ0v) is 9.23. The van der Waals surface area contributed by atoms with Crippen molar-refractivity contribution in [2.24, 2.45) is 0 Å². The van der Waals surface area contributed by atoms with Crippen molar-refractivity contribution in [2.45, 2.75) is 6.42 Å². The molecule has 2 rings (SSSR count). The lowest BCUT2D eigenvalue weighted by Gasteiger charge is -2.04. The highest BCUT2D eigenvalue weighted by molar-refractivity contribution is 6.37. The lowest BCUT2D eigenvalue weighted by molar-refractivity contribution is -0.136. The second-order valence-electron chi connectivity index (χ2n) is 3.15. The molecule has 84 valence electrons. The van der Waals surface area contributed by atoms with Crippen molar-refractivity contribution in [3.8, 4) is 0 Å². The van der Waals surface area contributed by atoms with Gasteiger partial charge in [0.15, 0.2) is 5.15 Å². The number of aliphatic carboxylic acids is 1. The van der Waals surface area contributed by atoms with E-state index in [2.05, 4.69) is 10.2 Å². The van der Waals surface area contributed by atoms with Crippen molar-refractivity contribution in [1.29, 1.82) is 0 Å². The lowest BCUT2D eigenvalue weighted by Crippen LogP contribution is -2.02. The number of nitrogens with zero attached hydrogens (tertiary/aromatic N) is 1. The van der Waals surface area contributed by atoms with Crippen LogP contribution in [-0.4, -0.2) is 21.3 Å². The number of hydrogen-bond acceptors (Lipinski definition) is 2. The van der Waals surface area contributed by atoms with Crippen LogP contribution < -0.4 is 0 Å². The van der Waals surface area contributed by atoms with E-state index in [4.69, 9.17) is 28.3 Å². The van der Waals surface area contributed by atoms with Crippen molar-refractivity contribution < 1.29 is 14.3 Å². The van der Waals surface area contributed by atoms with Crippen molar-refractivity contribution >= 4 is 40.1 Å². The summed E-state index contributed by atoms with van der Waals surface area (Å²) >= 11 is 11.5. The Morgan fingerprint density at radius 2 is 2.25 bits per heavy atom. The average Bonchev–Trinajstić information content (AvgIpc) is 2.55. The van der Waals surface area contributed by atoms with E-state index in [-0.39, 0.29) is 33.1 Å². The average molecular weight is 263 g/mol. The summed E-state index contributed by atoms with van der Waals surface area (Å²) in [4.78, 5) is 10.7. The van der Waals surface area contributed by atoms with E-state index in [0.717, 1.165) is 6.07 Å². The van der Waals surface area contributed by atoms with Gasteiger partial charge >= 0.3 is 5.97 Å². The minimum absolute atomic E-state index is 0.00708. The first-order valence-corrected chi connectivity index (χ1v) is 4.98. The van der Waals surface area contributed by atoms with Crippen molar-refractivity contribution in [3.63, 3.8) is 0 Å². The number of fused-ring (bicyclic) bond motifs is 1. The second kappa shape index (κ2) is 3.92. The molecule has 0 aliphatic rings. The van der Waals surface area contributed by atoms with Crippen LogP contribution in [0.25, 0.3) is 10.9 Å². The predicted molar refractivity (Wildman–Crippen MR) is 57.4 cm³/mol. The molecule has 4 nitrogen and oxygen atoms in total. The van der Waals surface area contributed by atoms with E-state index in [0.29, 0.717) is 0 Å². The monoisotopic (exact) mass is 262 g/mol. The molecule has 0 amide bonds. The Morgan fingerprint density at radius 1 is 1.56 bits per heavy atom. The number of aromatic nitrogens is 2. The van der Waals surface area contributed by atoms with Crippen molar-refractivity contribution in [1.82, 2.24) is 10.2 Å². The van der Waals surface area contributed by atoms with E-state index in [9.17, 15) is 9.18 Å². The van der Waals surface area contributed by atoms with Crippen LogP contribution in [0.3, 0.4) is 0 Å². The second-order valence-corrected chi connectivity index (χ2v) is 3.92. The van der Waals surface area contributed by atoms with Gasteiger partial charge in [-0.25, -0.2) is 4.39 Å². The summed E-state index contributed by atoms with van der Waals surface area (Å²) in [5, 5.41) is 15.0. The molecule has 2 aromatic rings. The van der Waals surface area contributed by atoms with Crippen LogP contribution in [0.4, 0.5) is 4.39 Å². The van der Waals surface area contributed by atoms with Gasteiger partial charge in [-0.2, -0.15) is 5.10 Å². The zero-order chi connectivity index (χ0) is 11.9. The molecule has 0 aliphatic carbocycles. The van der Waals surface area contributed by atoms with Gasteiger partial charge in [0.25, 0.3) is 0 Å². The molecule has 0 fully saturated rings. The first kappa shape index (κ1) is 11.2.